The van der Waals surface area contributed by atoms with Crippen LogP contribution in [0.1, 0.15) is 40.0 Å². The van der Waals surface area contributed by atoms with Gasteiger partial charge in [0, 0.05) is 12.1 Å². The molecule has 5 heteroatoms. The van der Waals surface area contributed by atoms with E-state index in [1.165, 1.54) is 4.90 Å². The Morgan fingerprint density at radius 1 is 1.38 bits per heavy atom. The summed E-state index contributed by atoms with van der Waals surface area (Å²) in [6.07, 6.45) is 2.19. The Hall–Kier alpha value is -1.75. The van der Waals surface area contributed by atoms with Crippen LogP contribution in [0.4, 0.5) is 10.5 Å². The topological polar surface area (TPSA) is 75.8 Å². The summed E-state index contributed by atoms with van der Waals surface area (Å²) in [4.78, 5) is 13.9. The fourth-order valence-corrected chi connectivity index (χ4v) is 2.06. The fourth-order valence-electron chi connectivity index (χ4n) is 2.06. The van der Waals surface area contributed by atoms with Crippen LogP contribution in [0, 0.1) is 0 Å². The van der Waals surface area contributed by atoms with Crippen LogP contribution < -0.4 is 10.6 Å². The maximum Gasteiger partial charge on any atom is 0.414 e. The largest absolute Gasteiger partial charge is 0.506 e. The lowest BCUT2D eigenvalue weighted by Crippen LogP contribution is -2.39. The highest BCUT2D eigenvalue weighted by molar-refractivity contribution is 5.89. The van der Waals surface area contributed by atoms with E-state index in [4.69, 9.17) is 10.5 Å². The predicted octanol–water partition coefficient (Wildman–Crippen LogP) is 3.02. The summed E-state index contributed by atoms with van der Waals surface area (Å²) in [6.45, 7) is 5.89. The van der Waals surface area contributed by atoms with Crippen molar-refractivity contribution in [2.45, 2.75) is 51.2 Å². The van der Waals surface area contributed by atoms with Crippen molar-refractivity contribution in [3.05, 3.63) is 24.3 Å². The summed E-state index contributed by atoms with van der Waals surface area (Å²) in [5, 5.41) is 9.99. The van der Waals surface area contributed by atoms with Crippen molar-refractivity contribution in [3.8, 4) is 5.75 Å². The molecule has 0 saturated heterocycles. The molecule has 1 aliphatic rings. The van der Waals surface area contributed by atoms with Crippen LogP contribution in [0.2, 0.25) is 0 Å². The lowest BCUT2D eigenvalue weighted by atomic mass is 10.1. The van der Waals surface area contributed by atoms with E-state index in [2.05, 4.69) is 0 Å². The molecule has 116 valence electrons. The molecule has 2 rings (SSSR count). The van der Waals surface area contributed by atoms with Crippen LogP contribution in [-0.4, -0.2) is 28.9 Å². The number of phenols is 1. The van der Waals surface area contributed by atoms with E-state index in [0.717, 1.165) is 12.8 Å². The van der Waals surface area contributed by atoms with Crippen molar-refractivity contribution in [2.75, 3.05) is 11.4 Å². The van der Waals surface area contributed by atoms with E-state index in [9.17, 15) is 9.90 Å². The molecule has 0 spiro atoms. The average molecular weight is 292 g/mol. The Balaban J connectivity index is 2.17. The molecule has 0 bridgehead atoms. The Morgan fingerprint density at radius 2 is 2.00 bits per heavy atom. The zero-order valence-corrected chi connectivity index (χ0v) is 12.9. The zero-order valence-electron chi connectivity index (χ0n) is 12.9. The highest BCUT2D eigenvalue weighted by Gasteiger charge is 2.39. The van der Waals surface area contributed by atoms with Gasteiger partial charge in [-0.3, -0.25) is 4.90 Å². The maximum absolute atomic E-state index is 12.4. The van der Waals surface area contributed by atoms with Crippen molar-refractivity contribution >= 4 is 11.8 Å². The first-order valence-electron chi connectivity index (χ1n) is 7.28. The minimum Gasteiger partial charge on any atom is -0.506 e. The number of para-hydroxylation sites is 2. The number of hydrogen-bond donors (Lipinski definition) is 2. The molecule has 1 fully saturated rings. The van der Waals surface area contributed by atoms with Crippen LogP contribution >= 0.6 is 0 Å². The number of anilines is 1. The average Bonchev–Trinajstić information content (AvgIpc) is 3.08. The molecule has 0 radical (unpaired) electrons. The molecule has 1 amide bonds. The smallest absolute Gasteiger partial charge is 0.414 e. The molecule has 1 aromatic carbocycles. The molecular formula is C16H24N2O3. The Labute approximate surface area is 125 Å². The first kappa shape index (κ1) is 15.6. The van der Waals surface area contributed by atoms with Gasteiger partial charge < -0.3 is 15.6 Å². The van der Waals surface area contributed by atoms with E-state index < -0.39 is 11.7 Å². The third kappa shape index (κ3) is 4.36. The van der Waals surface area contributed by atoms with E-state index in [-0.39, 0.29) is 11.3 Å². The number of aromatic hydroxyl groups is 1. The second-order valence-corrected chi connectivity index (χ2v) is 6.73. The lowest BCUT2D eigenvalue weighted by molar-refractivity contribution is 0.0578. The van der Waals surface area contributed by atoms with Crippen molar-refractivity contribution in [3.63, 3.8) is 0 Å². The normalized spacial score (nSPS) is 16.4. The molecule has 0 unspecified atom stereocenters. The number of benzene rings is 1. The minimum atomic E-state index is -0.584. The number of ether oxygens (including phenoxy) is 1. The molecule has 1 aromatic rings. The summed E-state index contributed by atoms with van der Waals surface area (Å²) in [6, 6.07) is 6.76. The number of carbonyl (C=O) groups excluding carboxylic acids is 1. The highest BCUT2D eigenvalue weighted by Crippen LogP contribution is 2.37. The van der Waals surface area contributed by atoms with Gasteiger partial charge >= 0.3 is 6.09 Å². The number of rotatable bonds is 4. The zero-order chi connectivity index (χ0) is 15.7. The lowest BCUT2D eigenvalue weighted by Gasteiger charge is -2.28. The second-order valence-electron chi connectivity index (χ2n) is 6.73. The van der Waals surface area contributed by atoms with Gasteiger partial charge in [-0.25, -0.2) is 4.79 Å². The quantitative estimate of drug-likeness (QED) is 0.894. The van der Waals surface area contributed by atoms with Gasteiger partial charge in [-0.1, -0.05) is 12.1 Å². The monoisotopic (exact) mass is 292 g/mol. The highest BCUT2D eigenvalue weighted by atomic mass is 16.6. The van der Waals surface area contributed by atoms with Gasteiger partial charge in [-0.15, -0.1) is 0 Å². The Morgan fingerprint density at radius 3 is 2.52 bits per heavy atom. The number of carbonyl (C=O) groups is 1. The maximum atomic E-state index is 12.4. The third-order valence-corrected chi connectivity index (χ3v) is 3.51. The van der Waals surface area contributed by atoms with Crippen LogP contribution in [0.3, 0.4) is 0 Å². The summed E-state index contributed by atoms with van der Waals surface area (Å²) in [7, 11) is 0. The molecule has 0 atom stereocenters. The van der Waals surface area contributed by atoms with Crippen LogP contribution in [0.15, 0.2) is 24.3 Å². The van der Waals surface area contributed by atoms with Crippen LogP contribution in [0.25, 0.3) is 0 Å². The summed E-state index contributed by atoms with van der Waals surface area (Å²) < 4.78 is 5.43. The van der Waals surface area contributed by atoms with Crippen LogP contribution in [0.5, 0.6) is 5.75 Å². The first-order chi connectivity index (χ1) is 9.70. The molecular weight excluding hydrogens is 268 g/mol. The van der Waals surface area contributed by atoms with Crippen molar-refractivity contribution in [1.82, 2.24) is 0 Å². The number of amides is 1. The second kappa shape index (κ2) is 5.56. The van der Waals surface area contributed by atoms with E-state index in [1.54, 1.807) is 24.3 Å². The van der Waals surface area contributed by atoms with Gasteiger partial charge in [-0.05, 0) is 52.2 Å². The predicted molar refractivity (Wildman–Crippen MR) is 82.5 cm³/mol. The standard InChI is InChI=1S/C16H24N2O3/c1-15(2,3)21-14(20)18(11-10-16(17)8-9-16)12-6-4-5-7-13(12)19/h4-7,19H,8-11,17H2,1-3H3. The van der Waals surface area contributed by atoms with E-state index in [0.29, 0.717) is 18.7 Å². The molecule has 0 aliphatic heterocycles. The van der Waals surface area contributed by atoms with Gasteiger partial charge in [0.15, 0.2) is 0 Å². The molecule has 1 saturated carbocycles. The van der Waals surface area contributed by atoms with E-state index >= 15 is 0 Å². The van der Waals surface area contributed by atoms with Gasteiger partial charge in [0.1, 0.15) is 11.4 Å². The number of hydrogen-bond acceptors (Lipinski definition) is 4. The molecule has 5 nitrogen and oxygen atoms in total. The van der Waals surface area contributed by atoms with Gasteiger partial charge in [0.25, 0.3) is 0 Å². The van der Waals surface area contributed by atoms with Crippen molar-refractivity contribution in [1.29, 1.82) is 0 Å². The number of nitrogens with zero attached hydrogens (tertiary/aromatic N) is 1. The van der Waals surface area contributed by atoms with E-state index in [1.807, 2.05) is 20.8 Å². The Kier molecular flexibility index (Phi) is 4.14. The van der Waals surface area contributed by atoms with Gasteiger partial charge in [-0.2, -0.15) is 0 Å². The van der Waals surface area contributed by atoms with Crippen LogP contribution in [-0.2, 0) is 4.74 Å². The Bertz CT molecular complexity index is 518. The van der Waals surface area contributed by atoms with Gasteiger partial charge in [0.2, 0.25) is 0 Å². The third-order valence-electron chi connectivity index (χ3n) is 3.51. The van der Waals surface area contributed by atoms with Gasteiger partial charge in [0.05, 0.1) is 5.69 Å². The summed E-state index contributed by atoms with van der Waals surface area (Å²) in [5.74, 6) is 0.0604. The van der Waals surface area contributed by atoms with Crippen molar-refractivity contribution < 1.29 is 14.6 Å². The minimum absolute atomic E-state index is 0.0604. The summed E-state index contributed by atoms with van der Waals surface area (Å²) >= 11 is 0. The molecule has 3 N–H and O–H groups in total. The van der Waals surface area contributed by atoms with Crippen molar-refractivity contribution in [2.24, 2.45) is 5.73 Å². The molecule has 1 aliphatic carbocycles. The SMILES string of the molecule is CC(C)(C)OC(=O)N(CCC1(N)CC1)c1ccccc1O. The summed E-state index contributed by atoms with van der Waals surface area (Å²) in [5.41, 5.74) is 5.81. The molecule has 0 aromatic heterocycles. The fraction of sp³-hybridized carbons (Fsp3) is 0.562. The first-order valence-corrected chi connectivity index (χ1v) is 7.28. The molecule has 0 heterocycles. The number of phenolic OH excluding ortho intramolecular Hbond substituents is 1. The molecule has 21 heavy (non-hydrogen) atoms. The number of nitrogens with two attached hydrogens (primary N) is 1.